The third-order valence-corrected chi connectivity index (χ3v) is 2.20. The van der Waals surface area contributed by atoms with Crippen LogP contribution in [0.25, 0.3) is 11.0 Å². The molecular weight excluding hydrogens is 192 g/mol. The Hall–Kier alpha value is -1.68. The van der Waals surface area contributed by atoms with Crippen LogP contribution < -0.4 is 5.56 Å². The van der Waals surface area contributed by atoms with Crippen LogP contribution in [0.5, 0.6) is 0 Å². The highest BCUT2D eigenvalue weighted by Gasteiger charge is 2.05. The van der Waals surface area contributed by atoms with E-state index in [0.717, 1.165) is 11.0 Å². The monoisotopic (exact) mass is 204 g/mol. The summed E-state index contributed by atoms with van der Waals surface area (Å²) >= 11 is 0. The minimum Gasteiger partial charge on any atom is -0.392 e. The molecule has 0 saturated heterocycles. The van der Waals surface area contributed by atoms with Gasteiger partial charge in [0.1, 0.15) is 0 Å². The van der Waals surface area contributed by atoms with Crippen LogP contribution >= 0.6 is 0 Å². The molecular formula is C11H12N2O2. The van der Waals surface area contributed by atoms with Gasteiger partial charge in [-0.15, -0.1) is 0 Å². The largest absolute Gasteiger partial charge is 0.392 e. The first kappa shape index (κ1) is 9.86. The van der Waals surface area contributed by atoms with Gasteiger partial charge in [0.2, 0.25) is 0 Å². The molecule has 1 aromatic heterocycles. The zero-order chi connectivity index (χ0) is 10.8. The molecule has 0 amide bonds. The minimum atomic E-state index is -0.548. The van der Waals surface area contributed by atoms with Crippen LogP contribution in [0.1, 0.15) is 6.92 Å². The molecule has 4 nitrogen and oxygen atoms in total. The fraction of sp³-hybridized carbons (Fsp3) is 0.273. The van der Waals surface area contributed by atoms with Gasteiger partial charge in [-0.05, 0) is 19.1 Å². The molecule has 0 radical (unpaired) electrons. The number of rotatable bonds is 2. The lowest BCUT2D eigenvalue weighted by Crippen LogP contribution is -2.25. The minimum absolute atomic E-state index is 0.186. The topological polar surface area (TPSA) is 55.1 Å². The normalized spacial score (nSPS) is 12.9. The van der Waals surface area contributed by atoms with E-state index in [1.54, 1.807) is 6.92 Å². The summed E-state index contributed by atoms with van der Waals surface area (Å²) in [4.78, 5) is 15.6. The highest BCUT2D eigenvalue weighted by Crippen LogP contribution is 2.08. The van der Waals surface area contributed by atoms with Crippen LogP contribution in [0.4, 0.5) is 0 Å². The summed E-state index contributed by atoms with van der Waals surface area (Å²) in [6.07, 6.45) is 0.735. The summed E-state index contributed by atoms with van der Waals surface area (Å²) in [7, 11) is 0. The number of fused-ring (bicyclic) bond motifs is 1. The lowest BCUT2D eigenvalue weighted by molar-refractivity contribution is 0.174. The maximum absolute atomic E-state index is 11.6. The van der Waals surface area contributed by atoms with Gasteiger partial charge in [0, 0.05) is 0 Å². The van der Waals surface area contributed by atoms with Gasteiger partial charge in [-0.1, -0.05) is 12.1 Å². The first-order valence-corrected chi connectivity index (χ1v) is 4.81. The number of nitrogens with zero attached hydrogens (tertiary/aromatic N) is 2. The predicted octanol–water partition coefficient (Wildman–Crippen LogP) is 0.777. The van der Waals surface area contributed by atoms with Crippen molar-refractivity contribution in [2.45, 2.75) is 19.6 Å². The second-order valence-electron chi connectivity index (χ2n) is 3.54. The quantitative estimate of drug-likeness (QED) is 0.786. The molecule has 1 N–H and O–H groups in total. The van der Waals surface area contributed by atoms with E-state index in [-0.39, 0.29) is 5.56 Å². The number of hydrogen-bond acceptors (Lipinski definition) is 3. The van der Waals surface area contributed by atoms with Crippen molar-refractivity contribution in [2.24, 2.45) is 0 Å². The van der Waals surface area contributed by atoms with E-state index in [2.05, 4.69) is 4.98 Å². The van der Waals surface area contributed by atoms with Gasteiger partial charge < -0.3 is 9.67 Å². The lowest BCUT2D eigenvalue weighted by atomic mass is 10.3. The van der Waals surface area contributed by atoms with Gasteiger partial charge in [0.05, 0.1) is 29.9 Å². The SMILES string of the molecule is C[C@@H](O)Cn1c(=O)cnc2ccccc21. The molecule has 1 atom stereocenters. The van der Waals surface area contributed by atoms with Crippen LogP contribution in [-0.4, -0.2) is 20.8 Å². The van der Waals surface area contributed by atoms with Crippen molar-refractivity contribution in [1.29, 1.82) is 0 Å². The molecule has 0 aliphatic carbocycles. The number of benzene rings is 1. The molecule has 78 valence electrons. The smallest absolute Gasteiger partial charge is 0.269 e. The van der Waals surface area contributed by atoms with E-state index < -0.39 is 6.10 Å². The highest BCUT2D eigenvalue weighted by atomic mass is 16.3. The molecule has 2 aromatic rings. The van der Waals surface area contributed by atoms with E-state index in [0.29, 0.717) is 6.54 Å². The Morgan fingerprint density at radius 2 is 2.20 bits per heavy atom. The molecule has 0 aliphatic rings. The molecule has 0 spiro atoms. The standard InChI is InChI=1S/C11H12N2O2/c1-8(14)7-13-10-5-3-2-4-9(10)12-6-11(13)15/h2-6,8,14H,7H2,1H3/t8-/m1/s1. The van der Waals surface area contributed by atoms with Crippen molar-refractivity contribution in [3.63, 3.8) is 0 Å². The third kappa shape index (κ3) is 1.89. The number of aliphatic hydroxyl groups is 1. The molecule has 1 aromatic carbocycles. The van der Waals surface area contributed by atoms with E-state index in [4.69, 9.17) is 0 Å². The Balaban J connectivity index is 2.68. The summed E-state index contributed by atoms with van der Waals surface area (Å²) in [5, 5.41) is 9.31. The molecule has 0 bridgehead atoms. The second kappa shape index (κ2) is 3.82. The van der Waals surface area contributed by atoms with E-state index in [1.807, 2.05) is 24.3 Å². The summed E-state index contributed by atoms with van der Waals surface area (Å²) in [5.74, 6) is 0. The molecule has 4 heteroatoms. The number of aliphatic hydroxyl groups excluding tert-OH is 1. The average Bonchev–Trinajstić information content (AvgIpc) is 2.22. The van der Waals surface area contributed by atoms with Crippen LogP contribution in [0.15, 0.2) is 35.3 Å². The van der Waals surface area contributed by atoms with Crippen molar-refractivity contribution < 1.29 is 5.11 Å². The van der Waals surface area contributed by atoms with Crippen molar-refractivity contribution in [2.75, 3.05) is 0 Å². The molecule has 0 fully saturated rings. The van der Waals surface area contributed by atoms with Crippen molar-refractivity contribution in [3.05, 3.63) is 40.8 Å². The van der Waals surface area contributed by atoms with Gasteiger partial charge in [-0.2, -0.15) is 0 Å². The van der Waals surface area contributed by atoms with Crippen LogP contribution in [0.3, 0.4) is 0 Å². The summed E-state index contributed by atoms with van der Waals surface area (Å²) < 4.78 is 1.53. The molecule has 0 saturated carbocycles. The maximum Gasteiger partial charge on any atom is 0.269 e. The van der Waals surface area contributed by atoms with Crippen LogP contribution in [0, 0.1) is 0 Å². The average molecular weight is 204 g/mol. The Morgan fingerprint density at radius 3 is 2.93 bits per heavy atom. The number of para-hydroxylation sites is 2. The van der Waals surface area contributed by atoms with Gasteiger partial charge in [-0.3, -0.25) is 4.79 Å². The first-order chi connectivity index (χ1) is 7.18. The van der Waals surface area contributed by atoms with Gasteiger partial charge >= 0.3 is 0 Å². The lowest BCUT2D eigenvalue weighted by Gasteiger charge is -2.10. The first-order valence-electron chi connectivity index (χ1n) is 4.81. The van der Waals surface area contributed by atoms with Crippen LogP contribution in [0.2, 0.25) is 0 Å². The van der Waals surface area contributed by atoms with Crippen molar-refractivity contribution in [3.8, 4) is 0 Å². The summed E-state index contributed by atoms with van der Waals surface area (Å²) in [6, 6.07) is 7.38. The zero-order valence-electron chi connectivity index (χ0n) is 8.42. The Kier molecular flexibility index (Phi) is 2.51. The maximum atomic E-state index is 11.6. The third-order valence-electron chi connectivity index (χ3n) is 2.20. The number of hydrogen-bond donors (Lipinski definition) is 1. The van der Waals surface area contributed by atoms with Crippen LogP contribution in [-0.2, 0) is 6.54 Å². The fourth-order valence-corrected chi connectivity index (χ4v) is 1.57. The van der Waals surface area contributed by atoms with Crippen molar-refractivity contribution in [1.82, 2.24) is 9.55 Å². The van der Waals surface area contributed by atoms with E-state index in [1.165, 1.54) is 10.8 Å². The molecule has 1 heterocycles. The molecule has 2 rings (SSSR count). The van der Waals surface area contributed by atoms with E-state index >= 15 is 0 Å². The van der Waals surface area contributed by atoms with Gasteiger partial charge in [0.15, 0.2) is 0 Å². The summed E-state index contributed by atoms with van der Waals surface area (Å²) in [6.45, 7) is 1.95. The second-order valence-corrected chi connectivity index (χ2v) is 3.54. The predicted molar refractivity (Wildman–Crippen MR) is 57.7 cm³/mol. The molecule has 0 aliphatic heterocycles. The van der Waals surface area contributed by atoms with Gasteiger partial charge in [0.25, 0.3) is 5.56 Å². The Bertz CT molecular complexity index is 531. The Labute approximate surface area is 86.8 Å². The number of aromatic nitrogens is 2. The molecule has 0 unspecified atom stereocenters. The zero-order valence-corrected chi connectivity index (χ0v) is 8.42. The highest BCUT2D eigenvalue weighted by molar-refractivity contribution is 5.74. The Morgan fingerprint density at radius 1 is 1.47 bits per heavy atom. The van der Waals surface area contributed by atoms with Gasteiger partial charge in [-0.25, -0.2) is 4.98 Å². The molecule has 15 heavy (non-hydrogen) atoms. The fourth-order valence-electron chi connectivity index (χ4n) is 1.57. The van der Waals surface area contributed by atoms with Crippen molar-refractivity contribution >= 4 is 11.0 Å². The van der Waals surface area contributed by atoms with E-state index in [9.17, 15) is 9.90 Å². The summed E-state index contributed by atoms with van der Waals surface area (Å²) in [5.41, 5.74) is 1.33.